The number of imidazole rings is 1. The highest BCUT2D eigenvalue weighted by Crippen LogP contribution is 2.36. The molecule has 0 spiro atoms. The van der Waals surface area contributed by atoms with Gasteiger partial charge in [-0.2, -0.15) is 0 Å². The maximum absolute atomic E-state index is 6.13. The number of hydrogen-bond acceptors (Lipinski definition) is 4. The smallest absolute Gasteiger partial charge is 0.167 e. The lowest BCUT2D eigenvalue weighted by molar-refractivity contribution is 0.280. The van der Waals surface area contributed by atoms with Crippen molar-refractivity contribution in [1.82, 2.24) is 14.9 Å². The number of ether oxygens (including phenoxy) is 2. The molecular formula is C21H24BrN3O2. The lowest BCUT2D eigenvalue weighted by Gasteiger charge is -2.17. The Morgan fingerprint density at radius 3 is 2.74 bits per heavy atom. The molecule has 0 saturated heterocycles. The van der Waals surface area contributed by atoms with Crippen LogP contribution in [0.15, 0.2) is 65.7 Å². The fourth-order valence-corrected chi connectivity index (χ4v) is 3.27. The Bertz CT molecular complexity index is 823. The summed E-state index contributed by atoms with van der Waals surface area (Å²) in [6.07, 6.45) is 6.65. The number of benzene rings is 2. The Kier molecular flexibility index (Phi) is 7.30. The van der Waals surface area contributed by atoms with Gasteiger partial charge in [0.05, 0.1) is 13.4 Å². The molecule has 0 fully saturated rings. The van der Waals surface area contributed by atoms with Crippen molar-refractivity contribution in [1.29, 1.82) is 0 Å². The number of nitrogens with zero attached hydrogens (tertiary/aromatic N) is 2. The van der Waals surface area contributed by atoms with Gasteiger partial charge in [0.25, 0.3) is 0 Å². The lowest BCUT2D eigenvalue weighted by atomic mass is 10.1. The normalized spacial score (nSPS) is 10.7. The summed E-state index contributed by atoms with van der Waals surface area (Å²) in [6.45, 7) is 3.05. The van der Waals surface area contributed by atoms with E-state index in [1.165, 1.54) is 0 Å². The second-order valence-corrected chi connectivity index (χ2v) is 7.02. The van der Waals surface area contributed by atoms with Gasteiger partial charge in [-0.05, 0) is 30.7 Å². The van der Waals surface area contributed by atoms with Crippen LogP contribution in [0.5, 0.6) is 11.5 Å². The largest absolute Gasteiger partial charge is 0.493 e. The van der Waals surface area contributed by atoms with Crippen molar-refractivity contribution in [2.75, 3.05) is 13.7 Å². The summed E-state index contributed by atoms with van der Waals surface area (Å²) in [6, 6.07) is 14.1. The van der Waals surface area contributed by atoms with Crippen LogP contribution in [0, 0.1) is 0 Å². The average Bonchev–Trinajstić information content (AvgIpc) is 3.22. The molecule has 0 amide bonds. The third kappa shape index (κ3) is 5.58. The maximum Gasteiger partial charge on any atom is 0.167 e. The number of methoxy groups -OCH3 is 1. The van der Waals surface area contributed by atoms with Gasteiger partial charge in [0.15, 0.2) is 11.5 Å². The molecule has 0 aliphatic heterocycles. The Morgan fingerprint density at radius 1 is 1.15 bits per heavy atom. The quantitative estimate of drug-likeness (QED) is 0.484. The molecule has 0 radical (unpaired) electrons. The summed E-state index contributed by atoms with van der Waals surface area (Å²) in [5.74, 6) is 1.52. The van der Waals surface area contributed by atoms with Crippen LogP contribution in [0.3, 0.4) is 0 Å². The van der Waals surface area contributed by atoms with Gasteiger partial charge in [0.1, 0.15) is 6.61 Å². The summed E-state index contributed by atoms with van der Waals surface area (Å²) in [7, 11) is 1.67. The molecule has 6 heteroatoms. The van der Waals surface area contributed by atoms with E-state index in [-0.39, 0.29) is 0 Å². The Balaban J connectivity index is 1.61. The van der Waals surface area contributed by atoms with Crippen molar-refractivity contribution in [2.45, 2.75) is 26.1 Å². The number of aryl methyl sites for hydroxylation is 1. The first-order valence-electron chi connectivity index (χ1n) is 8.96. The van der Waals surface area contributed by atoms with Crippen LogP contribution >= 0.6 is 15.9 Å². The van der Waals surface area contributed by atoms with Crippen LogP contribution in [0.4, 0.5) is 0 Å². The molecule has 3 aromatic rings. The Labute approximate surface area is 168 Å². The summed E-state index contributed by atoms with van der Waals surface area (Å²) >= 11 is 3.65. The van der Waals surface area contributed by atoms with Gasteiger partial charge >= 0.3 is 0 Å². The van der Waals surface area contributed by atoms with Crippen molar-refractivity contribution in [3.05, 3.63) is 76.8 Å². The molecule has 142 valence electrons. The van der Waals surface area contributed by atoms with E-state index in [9.17, 15) is 0 Å². The van der Waals surface area contributed by atoms with E-state index in [0.29, 0.717) is 13.2 Å². The molecule has 27 heavy (non-hydrogen) atoms. The van der Waals surface area contributed by atoms with E-state index in [4.69, 9.17) is 9.47 Å². The number of halogens is 1. The monoisotopic (exact) mass is 429 g/mol. The highest BCUT2D eigenvalue weighted by Gasteiger charge is 2.14. The minimum Gasteiger partial charge on any atom is -0.493 e. The molecule has 1 N–H and O–H groups in total. The molecule has 1 heterocycles. The van der Waals surface area contributed by atoms with E-state index in [1.54, 1.807) is 13.3 Å². The third-order valence-corrected chi connectivity index (χ3v) is 4.99. The number of aromatic nitrogens is 2. The summed E-state index contributed by atoms with van der Waals surface area (Å²) in [4.78, 5) is 4.06. The lowest BCUT2D eigenvalue weighted by Crippen LogP contribution is -2.17. The SMILES string of the molecule is COc1ccc(Br)c(CNCCCn2ccnc2)c1OCc1ccccc1. The predicted molar refractivity (Wildman–Crippen MR) is 110 cm³/mol. The highest BCUT2D eigenvalue weighted by atomic mass is 79.9. The van der Waals surface area contributed by atoms with Crippen LogP contribution in [-0.2, 0) is 19.7 Å². The first-order chi connectivity index (χ1) is 13.3. The van der Waals surface area contributed by atoms with Gasteiger partial charge in [0.2, 0.25) is 0 Å². The van der Waals surface area contributed by atoms with Crippen LogP contribution in [0.25, 0.3) is 0 Å². The van der Waals surface area contributed by atoms with Crippen molar-refractivity contribution in [3.63, 3.8) is 0 Å². The molecule has 0 unspecified atom stereocenters. The van der Waals surface area contributed by atoms with Crippen LogP contribution < -0.4 is 14.8 Å². The first kappa shape index (κ1) is 19.5. The molecule has 2 aromatic carbocycles. The third-order valence-electron chi connectivity index (χ3n) is 4.24. The fraction of sp³-hybridized carbons (Fsp3) is 0.286. The zero-order valence-electron chi connectivity index (χ0n) is 15.4. The molecule has 0 bridgehead atoms. The average molecular weight is 430 g/mol. The van der Waals surface area contributed by atoms with E-state index in [2.05, 4.69) is 42.9 Å². The molecule has 1 aromatic heterocycles. The number of rotatable bonds is 10. The van der Waals surface area contributed by atoms with Gasteiger partial charge in [-0.25, -0.2) is 4.98 Å². The van der Waals surface area contributed by atoms with Gasteiger partial charge in [0, 0.05) is 35.5 Å². The number of hydrogen-bond donors (Lipinski definition) is 1. The van der Waals surface area contributed by atoms with Crippen molar-refractivity contribution >= 4 is 15.9 Å². The maximum atomic E-state index is 6.13. The van der Waals surface area contributed by atoms with E-state index in [0.717, 1.165) is 46.6 Å². The molecule has 3 rings (SSSR count). The van der Waals surface area contributed by atoms with E-state index >= 15 is 0 Å². The van der Waals surface area contributed by atoms with E-state index in [1.807, 2.05) is 42.9 Å². The molecule has 0 atom stereocenters. The highest BCUT2D eigenvalue weighted by molar-refractivity contribution is 9.10. The second-order valence-electron chi connectivity index (χ2n) is 6.16. The van der Waals surface area contributed by atoms with Crippen molar-refractivity contribution in [2.24, 2.45) is 0 Å². The van der Waals surface area contributed by atoms with Crippen LogP contribution in [-0.4, -0.2) is 23.2 Å². The predicted octanol–water partition coefficient (Wildman–Crippen LogP) is 4.41. The van der Waals surface area contributed by atoms with Gasteiger partial charge in [-0.15, -0.1) is 0 Å². The van der Waals surface area contributed by atoms with Crippen LogP contribution in [0.1, 0.15) is 17.5 Å². The van der Waals surface area contributed by atoms with E-state index < -0.39 is 0 Å². The summed E-state index contributed by atoms with van der Waals surface area (Å²) < 4.78 is 14.7. The summed E-state index contributed by atoms with van der Waals surface area (Å²) in [5, 5.41) is 3.50. The fourth-order valence-electron chi connectivity index (χ4n) is 2.81. The van der Waals surface area contributed by atoms with Gasteiger partial charge in [-0.3, -0.25) is 0 Å². The second kappa shape index (κ2) is 10.1. The van der Waals surface area contributed by atoms with Gasteiger partial charge < -0.3 is 19.4 Å². The molecule has 5 nitrogen and oxygen atoms in total. The number of nitrogens with one attached hydrogen (secondary N) is 1. The topological polar surface area (TPSA) is 48.3 Å². The Morgan fingerprint density at radius 2 is 2.00 bits per heavy atom. The molecule has 0 saturated carbocycles. The minimum atomic E-state index is 0.501. The molecule has 0 aliphatic carbocycles. The van der Waals surface area contributed by atoms with Crippen molar-refractivity contribution in [3.8, 4) is 11.5 Å². The molecular weight excluding hydrogens is 406 g/mol. The van der Waals surface area contributed by atoms with Gasteiger partial charge in [-0.1, -0.05) is 46.3 Å². The van der Waals surface area contributed by atoms with Crippen LogP contribution in [0.2, 0.25) is 0 Å². The van der Waals surface area contributed by atoms with Crippen molar-refractivity contribution < 1.29 is 9.47 Å². The standard InChI is InChI=1S/C21H24BrN3O2/c1-26-20-9-8-19(22)18(14-23-10-5-12-25-13-11-24-16-25)21(20)27-15-17-6-3-2-4-7-17/h2-4,6-9,11,13,16,23H,5,10,12,14-15H2,1H3. The zero-order chi connectivity index (χ0) is 18.9. The molecule has 0 aliphatic rings. The summed E-state index contributed by atoms with van der Waals surface area (Å²) in [5.41, 5.74) is 2.19. The zero-order valence-corrected chi connectivity index (χ0v) is 17.0. The minimum absolute atomic E-state index is 0.501. The first-order valence-corrected chi connectivity index (χ1v) is 9.76. The Hall–Kier alpha value is -2.31.